The number of halogens is 4. The monoisotopic (exact) mass is 449 g/mol. The van der Waals surface area contributed by atoms with E-state index < -0.39 is 0 Å². The smallest absolute Gasteiger partial charge is 0.240 e. The highest BCUT2D eigenvalue weighted by Gasteiger charge is 2.15. The molecule has 0 bridgehead atoms. The quantitative estimate of drug-likeness (QED) is 0.192. The van der Waals surface area contributed by atoms with E-state index in [1.807, 2.05) is 13.8 Å². The van der Waals surface area contributed by atoms with Gasteiger partial charge in [-0.15, -0.1) is 12.4 Å². The molecule has 150 valence electrons. The number of hydrogen-bond acceptors (Lipinski definition) is 4. The van der Waals surface area contributed by atoms with Crippen molar-refractivity contribution in [3.8, 4) is 5.75 Å². The van der Waals surface area contributed by atoms with E-state index >= 15 is 0 Å². The maximum Gasteiger partial charge on any atom is 0.240 e. The summed E-state index contributed by atoms with van der Waals surface area (Å²) in [5.74, 6) is 0.259. The molecule has 0 saturated heterocycles. The van der Waals surface area contributed by atoms with Crippen molar-refractivity contribution in [2.45, 2.75) is 26.3 Å². The van der Waals surface area contributed by atoms with E-state index in [0.29, 0.717) is 33.8 Å². The van der Waals surface area contributed by atoms with Crippen LogP contribution in [0.25, 0.3) is 0 Å². The van der Waals surface area contributed by atoms with Crippen molar-refractivity contribution in [1.29, 1.82) is 5.41 Å². The Hall–Kier alpha value is -1.32. The minimum Gasteiger partial charge on any atom is -0.492 e. The Kier molecular flexibility index (Phi) is 13.4. The minimum absolute atomic E-state index is 0. The highest BCUT2D eigenvalue weighted by atomic mass is 35.5. The Morgan fingerprint density at radius 2 is 1.73 bits per heavy atom. The van der Waals surface area contributed by atoms with Gasteiger partial charge >= 0.3 is 0 Å². The van der Waals surface area contributed by atoms with Crippen LogP contribution in [0, 0.1) is 5.41 Å². The zero-order valence-electron chi connectivity index (χ0n) is 14.3. The van der Waals surface area contributed by atoms with E-state index in [9.17, 15) is 0 Å². The van der Waals surface area contributed by atoms with E-state index in [2.05, 4.69) is 5.16 Å². The number of nitrogens with two attached hydrogens (primary N) is 2. The molecule has 0 aliphatic rings. The van der Waals surface area contributed by atoms with Crippen molar-refractivity contribution in [3.63, 3.8) is 0 Å². The Morgan fingerprint density at radius 1 is 1.15 bits per heavy atom. The summed E-state index contributed by atoms with van der Waals surface area (Å²) >= 11 is 17.7. The number of guanidine groups is 2. The SMILES string of the molecule is CC(C)N(C(=N)N)C(N)=NOCCCOc1cc(Cl)c(Cl)cc1Cl.Cl.O. The molecule has 1 rings (SSSR count). The van der Waals surface area contributed by atoms with Gasteiger partial charge in [0.1, 0.15) is 12.4 Å². The summed E-state index contributed by atoms with van der Waals surface area (Å²) in [4.78, 5) is 6.44. The van der Waals surface area contributed by atoms with Gasteiger partial charge in [-0.2, -0.15) is 0 Å². The Labute approximate surface area is 173 Å². The maximum atomic E-state index is 7.44. The van der Waals surface area contributed by atoms with Crippen molar-refractivity contribution < 1.29 is 15.1 Å². The van der Waals surface area contributed by atoms with Crippen LogP contribution in [0.4, 0.5) is 0 Å². The molecule has 0 atom stereocenters. The fourth-order valence-electron chi connectivity index (χ4n) is 1.74. The highest BCUT2D eigenvalue weighted by molar-refractivity contribution is 6.43. The van der Waals surface area contributed by atoms with Crippen LogP contribution in [0.1, 0.15) is 20.3 Å². The second-order valence-electron chi connectivity index (χ2n) is 5.03. The number of rotatable bonds is 7. The van der Waals surface area contributed by atoms with Gasteiger partial charge in [-0.25, -0.2) is 0 Å². The average Bonchev–Trinajstić information content (AvgIpc) is 2.46. The summed E-state index contributed by atoms with van der Waals surface area (Å²) in [6.07, 6.45) is 0.537. The number of nitrogens with one attached hydrogen (secondary N) is 1. The van der Waals surface area contributed by atoms with Gasteiger partial charge < -0.3 is 26.5 Å². The molecule has 0 spiro atoms. The van der Waals surface area contributed by atoms with E-state index in [1.54, 1.807) is 6.07 Å². The van der Waals surface area contributed by atoms with Crippen molar-refractivity contribution >= 4 is 59.1 Å². The second-order valence-corrected chi connectivity index (χ2v) is 6.25. The lowest BCUT2D eigenvalue weighted by molar-refractivity contribution is 0.124. The van der Waals surface area contributed by atoms with Gasteiger partial charge in [0.15, 0.2) is 5.96 Å². The molecule has 0 aliphatic heterocycles. The third-order valence-corrected chi connectivity index (χ3v) is 3.81. The largest absolute Gasteiger partial charge is 0.492 e. The van der Waals surface area contributed by atoms with Gasteiger partial charge in [-0.3, -0.25) is 10.3 Å². The van der Waals surface area contributed by atoms with E-state index in [0.717, 1.165) is 0 Å². The predicted octanol–water partition coefficient (Wildman–Crippen LogP) is 2.86. The second kappa shape index (κ2) is 12.9. The number of benzene rings is 1. The van der Waals surface area contributed by atoms with Gasteiger partial charge in [-0.1, -0.05) is 34.8 Å². The molecule has 8 nitrogen and oxygen atoms in total. The third kappa shape index (κ3) is 8.37. The molecular weight excluding hydrogens is 428 g/mol. The molecule has 0 amide bonds. The van der Waals surface area contributed by atoms with Crippen LogP contribution in [-0.2, 0) is 4.84 Å². The molecule has 26 heavy (non-hydrogen) atoms. The molecular formula is C14H23Cl4N5O3. The predicted molar refractivity (Wildman–Crippen MR) is 109 cm³/mol. The number of nitrogens with zero attached hydrogens (tertiary/aromatic N) is 2. The molecule has 1 aromatic carbocycles. The average molecular weight is 451 g/mol. The first-order valence-corrected chi connectivity index (χ1v) is 8.23. The lowest BCUT2D eigenvalue weighted by Crippen LogP contribution is -2.49. The van der Waals surface area contributed by atoms with Gasteiger partial charge in [0, 0.05) is 18.5 Å². The van der Waals surface area contributed by atoms with Crippen LogP contribution in [0.15, 0.2) is 17.3 Å². The molecule has 0 aliphatic carbocycles. The highest BCUT2D eigenvalue weighted by Crippen LogP contribution is 2.33. The molecule has 0 unspecified atom stereocenters. The van der Waals surface area contributed by atoms with Crippen molar-refractivity contribution in [2.24, 2.45) is 16.6 Å². The number of oxime groups is 1. The molecule has 0 saturated carbocycles. The van der Waals surface area contributed by atoms with Crippen molar-refractivity contribution in [2.75, 3.05) is 13.2 Å². The zero-order chi connectivity index (χ0) is 18.3. The van der Waals surface area contributed by atoms with Crippen molar-refractivity contribution in [1.82, 2.24) is 4.90 Å². The van der Waals surface area contributed by atoms with E-state index in [1.165, 1.54) is 11.0 Å². The Balaban J connectivity index is 0. The maximum absolute atomic E-state index is 7.44. The summed E-state index contributed by atoms with van der Waals surface area (Å²) in [6, 6.07) is 2.97. The van der Waals surface area contributed by atoms with Gasteiger partial charge in [-0.05, 0) is 25.1 Å². The van der Waals surface area contributed by atoms with Gasteiger partial charge in [0.2, 0.25) is 5.96 Å². The molecule has 0 aromatic heterocycles. The van der Waals surface area contributed by atoms with E-state index in [-0.39, 0.29) is 42.5 Å². The standard InChI is InChI=1S/C14H20Cl3N5O2.ClH.H2O/c1-8(2)22(13(18)19)14(20)21-24-5-3-4-23-12-7-10(16)9(15)6-11(12)17;;/h6-8H,3-5H2,1-2H3,(H3,18,19)(H2,20,21);1H;1H2. The first kappa shape index (κ1) is 26.9. The lowest BCUT2D eigenvalue weighted by Gasteiger charge is -2.24. The molecule has 1 aromatic rings. The van der Waals surface area contributed by atoms with Crippen LogP contribution >= 0.6 is 47.2 Å². The van der Waals surface area contributed by atoms with Gasteiger partial charge in [0.05, 0.1) is 21.7 Å². The van der Waals surface area contributed by atoms with Gasteiger partial charge in [0.25, 0.3) is 0 Å². The zero-order valence-corrected chi connectivity index (χ0v) is 17.3. The first-order chi connectivity index (χ1) is 11.2. The molecule has 0 radical (unpaired) electrons. The fourth-order valence-corrected chi connectivity index (χ4v) is 2.33. The third-order valence-electron chi connectivity index (χ3n) is 2.79. The Bertz CT molecular complexity index is 616. The Morgan fingerprint density at radius 3 is 2.27 bits per heavy atom. The molecule has 0 fully saturated rings. The number of hydrogen-bond donors (Lipinski definition) is 3. The topological polar surface area (TPSA) is 141 Å². The lowest BCUT2D eigenvalue weighted by atomic mass is 10.3. The fraction of sp³-hybridized carbons (Fsp3) is 0.429. The summed E-state index contributed by atoms with van der Waals surface area (Å²) < 4.78 is 5.50. The normalized spacial score (nSPS) is 10.6. The van der Waals surface area contributed by atoms with Crippen LogP contribution < -0.4 is 16.2 Å². The van der Waals surface area contributed by atoms with Crippen LogP contribution in [0.2, 0.25) is 15.1 Å². The molecule has 12 heteroatoms. The summed E-state index contributed by atoms with van der Waals surface area (Å²) in [7, 11) is 0. The summed E-state index contributed by atoms with van der Waals surface area (Å²) in [5.41, 5.74) is 11.2. The number of ether oxygens (including phenoxy) is 1. The minimum atomic E-state index is -0.201. The van der Waals surface area contributed by atoms with Crippen LogP contribution in [0.3, 0.4) is 0 Å². The summed E-state index contributed by atoms with van der Waals surface area (Å²) in [6.45, 7) is 4.27. The van der Waals surface area contributed by atoms with Crippen LogP contribution in [0.5, 0.6) is 5.75 Å². The van der Waals surface area contributed by atoms with Crippen molar-refractivity contribution in [3.05, 3.63) is 27.2 Å². The van der Waals surface area contributed by atoms with E-state index in [4.69, 9.17) is 61.3 Å². The molecule has 0 heterocycles. The molecule has 7 N–H and O–H groups in total. The van der Waals surface area contributed by atoms with Crippen LogP contribution in [-0.4, -0.2) is 41.6 Å². The first-order valence-electron chi connectivity index (χ1n) is 7.10. The summed E-state index contributed by atoms with van der Waals surface area (Å²) in [5, 5.41) is 12.3.